The molecule has 0 bridgehead atoms. The van der Waals surface area contributed by atoms with Crippen LogP contribution >= 0.6 is 0 Å². The highest BCUT2D eigenvalue weighted by atomic mass is 19.4. The van der Waals surface area contributed by atoms with Crippen LogP contribution in [0.1, 0.15) is 25.1 Å². The molecule has 1 atom stereocenters. The van der Waals surface area contributed by atoms with Crippen LogP contribution in [0.4, 0.5) is 30.6 Å². The molecule has 11 heteroatoms. The summed E-state index contributed by atoms with van der Waals surface area (Å²) in [4.78, 5) is 11.8. The molecule has 1 saturated heterocycles. The van der Waals surface area contributed by atoms with Crippen molar-refractivity contribution in [3.05, 3.63) is 35.5 Å². The molecule has 0 aliphatic carbocycles. The molecule has 184 valence electrons. The molecular weight excluding hydrogens is 447 g/mol. The van der Waals surface area contributed by atoms with Crippen LogP contribution in [0.25, 0.3) is 11.0 Å². The van der Waals surface area contributed by atoms with E-state index >= 15 is 0 Å². The Kier molecular flexibility index (Phi) is 7.22. The number of nitrogens with zero attached hydrogens (tertiary/aromatic N) is 5. The second kappa shape index (κ2) is 10.1. The SMILES string of the molecule is CCc1nn(CCOCC(F)(F)F)c2c(Nc3ccc(C)cc3)nc(N3CCN[C@H](C)C3)nc12. The van der Waals surface area contributed by atoms with Gasteiger partial charge in [-0.25, -0.2) is 4.98 Å². The zero-order chi connectivity index (χ0) is 24.3. The van der Waals surface area contributed by atoms with Crippen LogP contribution in [-0.4, -0.2) is 64.8 Å². The van der Waals surface area contributed by atoms with E-state index in [1.54, 1.807) is 4.68 Å². The van der Waals surface area contributed by atoms with Gasteiger partial charge in [0, 0.05) is 31.4 Å². The minimum Gasteiger partial charge on any atom is -0.370 e. The van der Waals surface area contributed by atoms with Gasteiger partial charge in [0.1, 0.15) is 17.6 Å². The van der Waals surface area contributed by atoms with Crippen molar-refractivity contribution in [1.82, 2.24) is 25.1 Å². The van der Waals surface area contributed by atoms with Crippen LogP contribution in [0.3, 0.4) is 0 Å². The summed E-state index contributed by atoms with van der Waals surface area (Å²) in [7, 11) is 0. The molecule has 1 aliphatic heterocycles. The third kappa shape index (κ3) is 5.76. The molecule has 0 unspecified atom stereocenters. The molecule has 3 aromatic rings. The van der Waals surface area contributed by atoms with Gasteiger partial charge in [-0.1, -0.05) is 24.6 Å². The molecule has 34 heavy (non-hydrogen) atoms. The lowest BCUT2D eigenvalue weighted by Crippen LogP contribution is -2.49. The van der Waals surface area contributed by atoms with Crippen LogP contribution in [0.2, 0.25) is 0 Å². The molecule has 2 aromatic heterocycles. The Bertz CT molecular complexity index is 1110. The third-order valence-corrected chi connectivity index (χ3v) is 5.66. The molecule has 0 saturated carbocycles. The van der Waals surface area contributed by atoms with Crippen LogP contribution in [-0.2, 0) is 17.7 Å². The maximum atomic E-state index is 12.5. The Hall–Kier alpha value is -2.92. The maximum absolute atomic E-state index is 12.5. The van der Waals surface area contributed by atoms with E-state index in [0.717, 1.165) is 36.6 Å². The monoisotopic (exact) mass is 477 g/mol. The van der Waals surface area contributed by atoms with Gasteiger partial charge in [0.25, 0.3) is 0 Å². The highest BCUT2D eigenvalue weighted by Gasteiger charge is 2.28. The van der Waals surface area contributed by atoms with Crippen LogP contribution in [0.15, 0.2) is 24.3 Å². The lowest BCUT2D eigenvalue weighted by atomic mass is 10.2. The summed E-state index contributed by atoms with van der Waals surface area (Å²) in [5.74, 6) is 1.18. The van der Waals surface area contributed by atoms with Crippen molar-refractivity contribution in [1.29, 1.82) is 0 Å². The minimum atomic E-state index is -4.36. The number of rotatable bonds is 8. The zero-order valence-electron chi connectivity index (χ0n) is 19.6. The van der Waals surface area contributed by atoms with Gasteiger partial charge < -0.3 is 20.3 Å². The Balaban J connectivity index is 1.73. The zero-order valence-corrected chi connectivity index (χ0v) is 19.6. The number of benzene rings is 1. The van der Waals surface area contributed by atoms with Gasteiger partial charge in [-0.3, -0.25) is 4.68 Å². The molecule has 4 rings (SSSR count). The average Bonchev–Trinajstić information content (AvgIpc) is 3.15. The van der Waals surface area contributed by atoms with Crippen LogP contribution in [0.5, 0.6) is 0 Å². The second-order valence-corrected chi connectivity index (χ2v) is 8.55. The Morgan fingerprint density at radius 1 is 1.21 bits per heavy atom. The summed E-state index contributed by atoms with van der Waals surface area (Å²) in [5.41, 5.74) is 4.10. The standard InChI is InChI=1S/C23H30F3N7O/c1-4-18-19-20(33(31-18)11-12-34-14-23(24,25)26)21(28-17-7-5-15(2)6-8-17)30-22(29-19)32-10-9-27-16(3)13-32/h5-8,16,27H,4,9-14H2,1-3H3,(H,28,29,30)/t16-/m1/s1. The topological polar surface area (TPSA) is 80.1 Å². The summed E-state index contributed by atoms with van der Waals surface area (Å²) in [5, 5.41) is 11.4. The number of halogens is 3. The summed E-state index contributed by atoms with van der Waals surface area (Å²) in [6.07, 6.45) is -3.73. The van der Waals surface area contributed by atoms with E-state index in [2.05, 4.69) is 27.6 Å². The number of ether oxygens (including phenoxy) is 1. The largest absolute Gasteiger partial charge is 0.411 e. The smallest absolute Gasteiger partial charge is 0.370 e. The fourth-order valence-corrected chi connectivity index (χ4v) is 3.99. The first-order valence-corrected chi connectivity index (χ1v) is 11.5. The van der Waals surface area contributed by atoms with Crippen molar-refractivity contribution in [2.45, 2.75) is 46.0 Å². The van der Waals surface area contributed by atoms with Gasteiger partial charge in [0.15, 0.2) is 5.82 Å². The number of fused-ring (bicyclic) bond motifs is 1. The minimum absolute atomic E-state index is 0.125. The van der Waals surface area contributed by atoms with Crippen LogP contribution in [0, 0.1) is 6.92 Å². The van der Waals surface area contributed by atoms with Crippen molar-refractivity contribution >= 4 is 28.5 Å². The first kappa shape index (κ1) is 24.2. The average molecular weight is 478 g/mol. The van der Waals surface area contributed by atoms with Crippen molar-refractivity contribution < 1.29 is 17.9 Å². The van der Waals surface area contributed by atoms with Gasteiger partial charge in [-0.2, -0.15) is 23.3 Å². The first-order valence-electron chi connectivity index (χ1n) is 11.5. The Morgan fingerprint density at radius 2 is 1.97 bits per heavy atom. The number of alkyl halides is 3. The van der Waals surface area contributed by atoms with Crippen molar-refractivity contribution in [2.75, 3.05) is 43.1 Å². The highest BCUT2D eigenvalue weighted by Crippen LogP contribution is 2.29. The number of piperazine rings is 1. The summed E-state index contributed by atoms with van der Waals surface area (Å²) in [6.45, 7) is 7.24. The Labute approximate surface area is 196 Å². The maximum Gasteiger partial charge on any atom is 0.411 e. The molecule has 1 aliphatic rings. The third-order valence-electron chi connectivity index (χ3n) is 5.66. The molecular formula is C23H30F3N7O. The molecule has 1 aromatic carbocycles. The quantitative estimate of drug-likeness (QED) is 0.478. The normalized spacial score (nSPS) is 16.9. The first-order chi connectivity index (χ1) is 16.2. The number of aromatic nitrogens is 4. The number of nitrogens with one attached hydrogen (secondary N) is 2. The highest BCUT2D eigenvalue weighted by molar-refractivity contribution is 5.90. The van der Waals surface area contributed by atoms with Crippen LogP contribution < -0.4 is 15.5 Å². The van der Waals surface area contributed by atoms with Gasteiger partial charge in [-0.15, -0.1) is 0 Å². The second-order valence-electron chi connectivity index (χ2n) is 8.55. The number of anilines is 3. The molecule has 1 fully saturated rings. The lowest BCUT2D eigenvalue weighted by molar-refractivity contribution is -0.174. The van der Waals surface area contributed by atoms with Crippen molar-refractivity contribution in [3.8, 4) is 0 Å². The number of aryl methyl sites for hydroxylation is 2. The van der Waals surface area contributed by atoms with E-state index in [-0.39, 0.29) is 13.2 Å². The van der Waals surface area contributed by atoms with Crippen molar-refractivity contribution in [2.24, 2.45) is 0 Å². The predicted octanol–water partition coefficient (Wildman–Crippen LogP) is 3.82. The van der Waals surface area contributed by atoms with E-state index in [9.17, 15) is 13.2 Å². The molecule has 8 nitrogen and oxygen atoms in total. The summed E-state index contributed by atoms with van der Waals surface area (Å²) < 4.78 is 43.9. The van der Waals surface area contributed by atoms with E-state index in [4.69, 9.17) is 14.7 Å². The Morgan fingerprint density at radius 3 is 2.65 bits per heavy atom. The summed E-state index contributed by atoms with van der Waals surface area (Å²) in [6, 6.07) is 8.23. The van der Waals surface area contributed by atoms with Gasteiger partial charge in [0.2, 0.25) is 5.95 Å². The van der Waals surface area contributed by atoms with Gasteiger partial charge >= 0.3 is 6.18 Å². The number of hydrogen-bond acceptors (Lipinski definition) is 7. The molecule has 0 amide bonds. The molecule has 0 radical (unpaired) electrons. The fourth-order valence-electron chi connectivity index (χ4n) is 3.99. The van der Waals surface area contributed by atoms with E-state index < -0.39 is 12.8 Å². The van der Waals surface area contributed by atoms with E-state index in [1.165, 1.54) is 0 Å². The van der Waals surface area contributed by atoms with E-state index in [1.807, 2.05) is 38.1 Å². The lowest BCUT2D eigenvalue weighted by Gasteiger charge is -2.32. The predicted molar refractivity (Wildman–Crippen MR) is 126 cm³/mol. The molecule has 3 heterocycles. The molecule has 0 spiro atoms. The van der Waals surface area contributed by atoms with E-state index in [0.29, 0.717) is 35.3 Å². The molecule has 2 N–H and O–H groups in total. The summed E-state index contributed by atoms with van der Waals surface area (Å²) >= 11 is 0. The van der Waals surface area contributed by atoms with Gasteiger partial charge in [0.05, 0.1) is 18.8 Å². The van der Waals surface area contributed by atoms with Gasteiger partial charge in [-0.05, 0) is 32.4 Å². The number of hydrogen-bond donors (Lipinski definition) is 2. The fraction of sp³-hybridized carbons (Fsp3) is 0.522. The van der Waals surface area contributed by atoms with Crippen molar-refractivity contribution in [3.63, 3.8) is 0 Å².